The first-order chi connectivity index (χ1) is 14.4. The molecule has 0 bridgehead atoms. The summed E-state index contributed by atoms with van der Waals surface area (Å²) in [7, 11) is 0. The molecule has 8 heteroatoms. The number of benzene rings is 2. The van der Waals surface area contributed by atoms with Crippen molar-refractivity contribution in [2.75, 3.05) is 11.9 Å². The second kappa shape index (κ2) is 8.92. The Bertz CT molecular complexity index is 1130. The van der Waals surface area contributed by atoms with Gasteiger partial charge in [-0.3, -0.25) is 10.1 Å². The lowest BCUT2D eigenvalue weighted by atomic mass is 10.1. The van der Waals surface area contributed by atoms with Crippen LogP contribution < -0.4 is 5.32 Å². The summed E-state index contributed by atoms with van der Waals surface area (Å²) < 4.78 is 6.81. The second-order valence-electron chi connectivity index (χ2n) is 6.58. The van der Waals surface area contributed by atoms with Crippen LogP contribution in [0.15, 0.2) is 54.7 Å². The van der Waals surface area contributed by atoms with Gasteiger partial charge in [-0.25, -0.2) is 4.79 Å². The Balaban J connectivity index is 1.84. The monoisotopic (exact) mass is 404 g/mol. The Hall–Kier alpha value is -4.12. The summed E-state index contributed by atoms with van der Waals surface area (Å²) in [5.74, 6) is -0.619. The van der Waals surface area contributed by atoms with Gasteiger partial charge in [0, 0.05) is 24.5 Å². The third-order valence-corrected chi connectivity index (χ3v) is 4.49. The number of esters is 1. The molecule has 2 aromatic carbocycles. The fraction of sp³-hybridized carbons (Fsp3) is 0.182. The van der Waals surface area contributed by atoms with Crippen molar-refractivity contribution >= 4 is 17.3 Å². The zero-order chi connectivity index (χ0) is 21.7. The minimum Gasteiger partial charge on any atom is -0.462 e. The van der Waals surface area contributed by atoms with Gasteiger partial charge in [-0.1, -0.05) is 18.2 Å². The van der Waals surface area contributed by atoms with Crippen LogP contribution in [-0.2, 0) is 11.3 Å². The zero-order valence-electron chi connectivity index (χ0n) is 16.6. The third kappa shape index (κ3) is 4.31. The van der Waals surface area contributed by atoms with E-state index in [9.17, 15) is 20.2 Å². The minimum atomic E-state index is -0.619. The number of nitro benzene ring substituents is 1. The summed E-state index contributed by atoms with van der Waals surface area (Å²) in [6.07, 6.45) is 1.88. The van der Waals surface area contributed by atoms with E-state index in [4.69, 9.17) is 4.74 Å². The van der Waals surface area contributed by atoms with Crippen molar-refractivity contribution in [3.8, 4) is 11.8 Å². The molecule has 3 aromatic rings. The molecule has 1 N–H and O–H groups in total. The molecule has 1 heterocycles. The largest absolute Gasteiger partial charge is 0.462 e. The Labute approximate surface area is 173 Å². The number of nitro groups is 1. The number of nitrogens with zero attached hydrogens (tertiary/aromatic N) is 3. The molecule has 0 saturated heterocycles. The van der Waals surface area contributed by atoms with E-state index in [-0.39, 0.29) is 30.1 Å². The third-order valence-electron chi connectivity index (χ3n) is 4.49. The lowest BCUT2D eigenvalue weighted by molar-refractivity contribution is -0.384. The highest BCUT2D eigenvalue weighted by Gasteiger charge is 2.22. The van der Waals surface area contributed by atoms with E-state index in [1.165, 1.54) is 18.2 Å². The molecule has 3 rings (SSSR count). The molecule has 0 radical (unpaired) electrons. The van der Waals surface area contributed by atoms with Crippen molar-refractivity contribution in [3.63, 3.8) is 0 Å². The number of nitriles is 1. The number of para-hydroxylation sites is 1. The first-order valence-corrected chi connectivity index (χ1v) is 9.31. The number of aromatic nitrogens is 1. The van der Waals surface area contributed by atoms with Gasteiger partial charge >= 0.3 is 5.97 Å². The highest BCUT2D eigenvalue weighted by molar-refractivity contribution is 5.98. The van der Waals surface area contributed by atoms with Gasteiger partial charge in [-0.05, 0) is 49.2 Å². The Morgan fingerprint density at radius 3 is 2.63 bits per heavy atom. The van der Waals surface area contributed by atoms with E-state index in [0.29, 0.717) is 5.69 Å². The van der Waals surface area contributed by atoms with Gasteiger partial charge in [0.05, 0.1) is 17.1 Å². The SMILES string of the molecule is CCOC(=O)c1cccc([N+](=O)[O-])c1NCc1ccc(-n2cc(C)cc2C#N)cc1. The summed E-state index contributed by atoms with van der Waals surface area (Å²) in [6.45, 7) is 4.04. The van der Waals surface area contributed by atoms with E-state index in [1.54, 1.807) is 17.6 Å². The number of aryl methyl sites for hydroxylation is 1. The molecule has 0 atom stereocenters. The number of anilines is 1. The molecule has 0 amide bonds. The summed E-state index contributed by atoms with van der Waals surface area (Å²) in [5, 5.41) is 23.7. The first kappa shape index (κ1) is 20.6. The Morgan fingerprint density at radius 2 is 2.00 bits per heavy atom. The van der Waals surface area contributed by atoms with Crippen molar-refractivity contribution < 1.29 is 14.5 Å². The quantitative estimate of drug-likeness (QED) is 0.356. The van der Waals surface area contributed by atoms with Gasteiger partial charge in [0.2, 0.25) is 0 Å². The number of carbonyl (C=O) groups excluding carboxylic acids is 1. The number of hydrogen-bond donors (Lipinski definition) is 1. The van der Waals surface area contributed by atoms with E-state index < -0.39 is 10.9 Å². The van der Waals surface area contributed by atoms with E-state index in [2.05, 4.69) is 11.4 Å². The molecule has 0 saturated carbocycles. The van der Waals surface area contributed by atoms with Crippen LogP contribution in [0.25, 0.3) is 5.69 Å². The van der Waals surface area contributed by atoms with Gasteiger partial charge in [0.15, 0.2) is 0 Å². The maximum Gasteiger partial charge on any atom is 0.340 e. The number of carbonyl (C=O) groups is 1. The average molecular weight is 404 g/mol. The number of hydrogen-bond acceptors (Lipinski definition) is 6. The molecule has 0 aliphatic rings. The summed E-state index contributed by atoms with van der Waals surface area (Å²) >= 11 is 0. The molecule has 1 aromatic heterocycles. The highest BCUT2D eigenvalue weighted by atomic mass is 16.6. The van der Waals surface area contributed by atoms with Gasteiger partial charge in [-0.15, -0.1) is 0 Å². The maximum absolute atomic E-state index is 12.2. The van der Waals surface area contributed by atoms with Gasteiger partial charge in [0.1, 0.15) is 17.5 Å². The molecule has 152 valence electrons. The van der Waals surface area contributed by atoms with Crippen molar-refractivity contribution in [2.45, 2.75) is 20.4 Å². The molecule has 30 heavy (non-hydrogen) atoms. The standard InChI is InChI=1S/C22H20N4O4/c1-3-30-22(27)19-5-4-6-20(26(28)29)21(19)24-13-16-7-9-17(10-8-16)25-14-15(2)11-18(25)12-23/h4-11,14,24H,3,13H2,1-2H3. The smallest absolute Gasteiger partial charge is 0.340 e. The van der Waals surface area contributed by atoms with Crippen LogP contribution >= 0.6 is 0 Å². The van der Waals surface area contributed by atoms with Crippen molar-refractivity contribution in [1.29, 1.82) is 5.26 Å². The number of nitrogens with one attached hydrogen (secondary N) is 1. The zero-order valence-corrected chi connectivity index (χ0v) is 16.6. The molecular formula is C22H20N4O4. The summed E-state index contributed by atoms with van der Waals surface area (Å²) in [6, 6.07) is 15.7. The van der Waals surface area contributed by atoms with Crippen LogP contribution in [0.2, 0.25) is 0 Å². The molecule has 0 aliphatic carbocycles. The van der Waals surface area contributed by atoms with E-state index in [1.807, 2.05) is 37.4 Å². The van der Waals surface area contributed by atoms with Crippen LogP contribution in [0.3, 0.4) is 0 Å². The van der Waals surface area contributed by atoms with Crippen molar-refractivity contribution in [1.82, 2.24) is 4.57 Å². The van der Waals surface area contributed by atoms with Gasteiger partial charge < -0.3 is 14.6 Å². The fourth-order valence-corrected chi connectivity index (χ4v) is 3.12. The molecule has 8 nitrogen and oxygen atoms in total. The normalized spacial score (nSPS) is 10.3. The van der Waals surface area contributed by atoms with Crippen LogP contribution in [0.1, 0.15) is 34.1 Å². The lowest BCUT2D eigenvalue weighted by Crippen LogP contribution is -2.11. The van der Waals surface area contributed by atoms with Crippen LogP contribution in [0.4, 0.5) is 11.4 Å². The fourth-order valence-electron chi connectivity index (χ4n) is 3.12. The molecule has 0 unspecified atom stereocenters. The second-order valence-corrected chi connectivity index (χ2v) is 6.58. The lowest BCUT2D eigenvalue weighted by Gasteiger charge is -2.12. The van der Waals surface area contributed by atoms with E-state index in [0.717, 1.165) is 16.8 Å². The maximum atomic E-state index is 12.2. The van der Waals surface area contributed by atoms with Crippen LogP contribution in [0, 0.1) is 28.4 Å². The Morgan fingerprint density at radius 1 is 1.27 bits per heavy atom. The molecule has 0 aliphatic heterocycles. The highest BCUT2D eigenvalue weighted by Crippen LogP contribution is 2.29. The number of rotatable bonds is 7. The molecular weight excluding hydrogens is 384 g/mol. The first-order valence-electron chi connectivity index (χ1n) is 9.31. The topological polar surface area (TPSA) is 110 Å². The van der Waals surface area contributed by atoms with Crippen LogP contribution in [-0.4, -0.2) is 22.1 Å². The number of ether oxygens (including phenoxy) is 1. The van der Waals surface area contributed by atoms with Crippen molar-refractivity contribution in [2.24, 2.45) is 0 Å². The Kier molecular flexibility index (Phi) is 6.13. The molecule has 0 fully saturated rings. The minimum absolute atomic E-state index is 0.115. The van der Waals surface area contributed by atoms with Gasteiger partial charge in [0.25, 0.3) is 5.69 Å². The average Bonchev–Trinajstić information content (AvgIpc) is 3.13. The predicted octanol–water partition coefficient (Wildman–Crippen LogP) is 4.35. The van der Waals surface area contributed by atoms with Crippen LogP contribution in [0.5, 0.6) is 0 Å². The summed E-state index contributed by atoms with van der Waals surface area (Å²) in [4.78, 5) is 23.1. The van der Waals surface area contributed by atoms with E-state index >= 15 is 0 Å². The molecule has 0 spiro atoms. The summed E-state index contributed by atoms with van der Waals surface area (Å²) in [5.41, 5.74) is 3.26. The van der Waals surface area contributed by atoms with Crippen molar-refractivity contribution in [3.05, 3.63) is 87.2 Å². The van der Waals surface area contributed by atoms with Gasteiger partial charge in [-0.2, -0.15) is 5.26 Å². The predicted molar refractivity (Wildman–Crippen MR) is 112 cm³/mol.